The van der Waals surface area contributed by atoms with E-state index in [1.807, 2.05) is 36.1 Å². The summed E-state index contributed by atoms with van der Waals surface area (Å²) >= 11 is 1.45. The molecule has 0 aliphatic carbocycles. The highest BCUT2D eigenvalue weighted by Crippen LogP contribution is 2.50. The summed E-state index contributed by atoms with van der Waals surface area (Å²) in [5.41, 5.74) is -1.62. The Kier molecular flexibility index (Phi) is 8.58. The minimum atomic E-state index is -4.30. The lowest BCUT2D eigenvalue weighted by molar-refractivity contribution is -0.0328. The molecule has 11 heteroatoms. The van der Waals surface area contributed by atoms with Crippen molar-refractivity contribution < 1.29 is 31.2 Å². The van der Waals surface area contributed by atoms with E-state index in [1.54, 1.807) is 36.0 Å². The van der Waals surface area contributed by atoms with Crippen molar-refractivity contribution >= 4 is 45.0 Å². The predicted octanol–water partition coefficient (Wildman–Crippen LogP) is 6.53. The fourth-order valence-electron chi connectivity index (χ4n) is 3.19. The van der Waals surface area contributed by atoms with Crippen LogP contribution in [0.15, 0.2) is 86.3 Å². The van der Waals surface area contributed by atoms with Crippen molar-refractivity contribution in [3.8, 4) is 0 Å². The van der Waals surface area contributed by atoms with E-state index in [4.69, 9.17) is 9.66 Å². The maximum Gasteiger partial charge on any atom is 0.446 e. The normalized spacial score (nSPS) is 12.9. The van der Waals surface area contributed by atoms with Crippen LogP contribution in [0.25, 0.3) is 0 Å². The van der Waals surface area contributed by atoms with Gasteiger partial charge < -0.3 is 10.0 Å². The van der Waals surface area contributed by atoms with Gasteiger partial charge in [0.05, 0.1) is 16.3 Å². The highest BCUT2D eigenvalue weighted by Gasteiger charge is 2.30. The molecule has 0 atom stereocenters. The first-order chi connectivity index (χ1) is 16.0. The molecule has 182 valence electrons. The van der Waals surface area contributed by atoms with Crippen molar-refractivity contribution in [3.63, 3.8) is 0 Å². The standard InChI is InChI=1S/C16H14F3NOS2.C7H8O3S/c17-16(18,19)23-11-6-7-15-13(10-11)20(8-3-9-21)12-4-1-2-5-14(12)22-15;1-6-2-4-7(5-3-6)11(8,9)10/h1-2,4-7,10,21H,3,8-9H2;2-5H,1H3,(H,8,9,10). The second kappa shape index (κ2) is 11.0. The second-order valence-electron chi connectivity index (χ2n) is 7.26. The van der Waals surface area contributed by atoms with Crippen molar-refractivity contribution in [1.82, 2.24) is 0 Å². The largest absolute Gasteiger partial charge is 0.446 e. The summed E-state index contributed by atoms with van der Waals surface area (Å²) in [6.45, 7) is 2.44. The van der Waals surface area contributed by atoms with E-state index >= 15 is 0 Å². The highest BCUT2D eigenvalue weighted by atomic mass is 32.2. The fourth-order valence-corrected chi connectivity index (χ4v) is 5.32. The Morgan fingerprint density at radius 1 is 0.971 bits per heavy atom. The third kappa shape index (κ3) is 7.16. The van der Waals surface area contributed by atoms with Crippen molar-refractivity contribution in [2.45, 2.75) is 38.4 Å². The number of alkyl halides is 3. The zero-order valence-corrected chi connectivity index (χ0v) is 20.4. The molecule has 1 heterocycles. The molecule has 1 aliphatic heterocycles. The summed E-state index contributed by atoms with van der Waals surface area (Å²) in [4.78, 5) is 4.08. The Morgan fingerprint density at radius 2 is 1.62 bits per heavy atom. The molecule has 4 rings (SSSR count). The lowest BCUT2D eigenvalue weighted by Gasteiger charge is -2.33. The Balaban J connectivity index is 0.000000248. The second-order valence-corrected chi connectivity index (χ2v) is 10.9. The van der Waals surface area contributed by atoms with Crippen LogP contribution < -0.4 is 4.90 Å². The van der Waals surface area contributed by atoms with E-state index in [-0.39, 0.29) is 28.2 Å². The molecule has 0 saturated heterocycles. The van der Waals surface area contributed by atoms with Crippen molar-refractivity contribution in [2.24, 2.45) is 0 Å². The van der Waals surface area contributed by atoms with Crippen LogP contribution in [0.5, 0.6) is 0 Å². The number of fused-ring (bicyclic) bond motifs is 2. The molecule has 0 unspecified atom stereocenters. The number of aliphatic hydroxyl groups is 1. The van der Waals surface area contributed by atoms with Gasteiger partial charge in [-0.25, -0.2) is 0 Å². The minimum Gasteiger partial charge on any atom is -0.396 e. The van der Waals surface area contributed by atoms with Gasteiger partial charge in [-0.1, -0.05) is 41.6 Å². The maximum atomic E-state index is 12.6. The van der Waals surface area contributed by atoms with Gasteiger partial charge in [-0.2, -0.15) is 21.6 Å². The van der Waals surface area contributed by atoms with Crippen LogP contribution in [0.2, 0.25) is 0 Å². The van der Waals surface area contributed by atoms with Crippen LogP contribution in [0, 0.1) is 6.92 Å². The van der Waals surface area contributed by atoms with Crippen LogP contribution in [-0.4, -0.2) is 36.7 Å². The van der Waals surface area contributed by atoms with E-state index < -0.39 is 15.6 Å². The van der Waals surface area contributed by atoms with Crippen molar-refractivity contribution in [3.05, 3.63) is 72.3 Å². The third-order valence-electron chi connectivity index (χ3n) is 4.69. The molecule has 0 amide bonds. The zero-order chi connectivity index (χ0) is 24.9. The topological polar surface area (TPSA) is 77.8 Å². The lowest BCUT2D eigenvalue weighted by atomic mass is 10.2. The van der Waals surface area contributed by atoms with E-state index in [1.165, 1.54) is 18.2 Å². The Bertz CT molecular complexity index is 1230. The Labute approximate surface area is 204 Å². The van der Waals surface area contributed by atoms with Crippen LogP contribution in [0.3, 0.4) is 0 Å². The first-order valence-corrected chi connectivity index (χ1v) is 13.1. The molecule has 0 radical (unpaired) electrons. The quantitative estimate of drug-likeness (QED) is 0.288. The molecular weight excluding hydrogens is 507 g/mol. The number of nitrogens with zero attached hydrogens (tertiary/aromatic N) is 1. The number of benzene rings is 3. The van der Waals surface area contributed by atoms with Gasteiger partial charge in [0.1, 0.15) is 0 Å². The first kappa shape index (κ1) is 26.4. The highest BCUT2D eigenvalue weighted by molar-refractivity contribution is 8.00. The molecule has 2 N–H and O–H groups in total. The van der Waals surface area contributed by atoms with E-state index in [2.05, 4.69) is 0 Å². The van der Waals surface area contributed by atoms with Crippen LogP contribution in [0.1, 0.15) is 12.0 Å². The summed E-state index contributed by atoms with van der Waals surface area (Å²) in [5.74, 6) is 0. The number of thioether (sulfide) groups is 1. The molecule has 3 aromatic rings. The van der Waals surface area contributed by atoms with Crippen molar-refractivity contribution in [2.75, 3.05) is 18.1 Å². The summed E-state index contributed by atoms with van der Waals surface area (Å²) < 4.78 is 67.4. The number of aliphatic hydroxyl groups excluding tert-OH is 1. The zero-order valence-electron chi connectivity index (χ0n) is 18.0. The number of para-hydroxylation sites is 1. The van der Waals surface area contributed by atoms with Gasteiger partial charge in [-0.15, -0.1) is 0 Å². The average Bonchev–Trinajstić information content (AvgIpc) is 2.76. The van der Waals surface area contributed by atoms with Crippen LogP contribution in [-0.2, 0) is 10.1 Å². The molecule has 0 spiro atoms. The number of aryl methyl sites for hydroxylation is 1. The monoisotopic (exact) mass is 529 g/mol. The molecule has 34 heavy (non-hydrogen) atoms. The first-order valence-electron chi connectivity index (χ1n) is 10.1. The Morgan fingerprint density at radius 3 is 2.24 bits per heavy atom. The lowest BCUT2D eigenvalue weighted by Crippen LogP contribution is -2.22. The minimum absolute atomic E-state index is 0.0398. The van der Waals surface area contributed by atoms with Gasteiger partial charge in [-0.05, 0) is 67.6 Å². The molecule has 0 aromatic heterocycles. The number of hydrogen-bond donors (Lipinski definition) is 2. The summed E-state index contributed by atoms with van der Waals surface area (Å²) in [7, 11) is -4.02. The summed E-state index contributed by atoms with van der Waals surface area (Å²) in [5, 5.41) is 9.12. The maximum absolute atomic E-state index is 12.6. The van der Waals surface area contributed by atoms with Crippen LogP contribution in [0.4, 0.5) is 24.5 Å². The smallest absolute Gasteiger partial charge is 0.396 e. The average molecular weight is 530 g/mol. The summed E-state index contributed by atoms with van der Waals surface area (Å²) in [6, 6.07) is 18.6. The van der Waals surface area contributed by atoms with Gasteiger partial charge >= 0.3 is 5.51 Å². The van der Waals surface area contributed by atoms with E-state index in [9.17, 15) is 21.6 Å². The number of rotatable bonds is 5. The van der Waals surface area contributed by atoms with E-state index in [0.29, 0.717) is 13.0 Å². The molecule has 1 aliphatic rings. The molecule has 0 bridgehead atoms. The molecular formula is C23H22F3NO4S3. The van der Waals surface area contributed by atoms with Gasteiger partial charge in [0, 0.05) is 27.8 Å². The number of anilines is 2. The molecule has 0 saturated carbocycles. The molecule has 5 nitrogen and oxygen atoms in total. The SMILES string of the molecule is Cc1ccc(S(=O)(=O)O)cc1.OCCCN1c2ccccc2Sc2ccc(SC(F)(F)F)cc21. The molecule has 0 fully saturated rings. The number of halogens is 3. The van der Waals surface area contributed by atoms with Gasteiger partial charge in [0.15, 0.2) is 0 Å². The fraction of sp³-hybridized carbons (Fsp3) is 0.217. The number of hydrogen-bond acceptors (Lipinski definition) is 6. The Hall–Kier alpha value is -2.18. The predicted molar refractivity (Wildman–Crippen MR) is 129 cm³/mol. The summed E-state index contributed by atoms with van der Waals surface area (Å²) in [6.07, 6.45) is 0.551. The third-order valence-corrected chi connectivity index (χ3v) is 7.41. The van der Waals surface area contributed by atoms with Crippen molar-refractivity contribution in [1.29, 1.82) is 0 Å². The van der Waals surface area contributed by atoms with Crippen LogP contribution >= 0.6 is 23.5 Å². The van der Waals surface area contributed by atoms with Gasteiger partial charge in [0.25, 0.3) is 10.1 Å². The van der Waals surface area contributed by atoms with Gasteiger partial charge in [-0.3, -0.25) is 4.55 Å². The molecule has 3 aromatic carbocycles. The van der Waals surface area contributed by atoms with Gasteiger partial charge in [0.2, 0.25) is 0 Å². The van der Waals surface area contributed by atoms with E-state index in [0.717, 1.165) is 26.7 Å².